The number of carbonyl (C=O) groups is 4. The van der Waals surface area contributed by atoms with Crippen LogP contribution in [0.5, 0.6) is 0 Å². The zero-order valence-corrected chi connectivity index (χ0v) is 40.1. The Morgan fingerprint density at radius 1 is 0.656 bits per heavy atom. The monoisotopic (exact) mass is 999 g/mol. The predicted octanol–water partition coefficient (Wildman–Crippen LogP) is -3.33. The number of unbranched alkanes of at least 4 members (excludes halogenated alkanes) is 5. The van der Waals surface area contributed by atoms with Gasteiger partial charge in [-0.2, -0.15) is 0 Å². The predicted molar refractivity (Wildman–Crippen MR) is 220 cm³/mol. The molecule has 3 fully saturated rings. The van der Waals surface area contributed by atoms with Crippen LogP contribution in [0.2, 0.25) is 0 Å². The average Bonchev–Trinajstić information content (AvgIpc) is 3.69. The summed E-state index contributed by atoms with van der Waals surface area (Å²) in [7, 11) is 3.24. The van der Waals surface area contributed by atoms with Crippen molar-refractivity contribution in [3.63, 3.8) is 0 Å². The molecule has 1 radical (unpaired) electrons. The average molecular weight is 1000 g/mol. The number of amides is 4. The molecule has 64 heavy (non-hydrogen) atoms. The molecule has 0 saturated carbocycles. The second-order valence-electron chi connectivity index (χ2n) is 16.4. The van der Waals surface area contributed by atoms with Crippen molar-refractivity contribution in [2.24, 2.45) is 0 Å². The standard InChI is InChI=1S/C41H74N4O18.Y/c1-58-24-25-20-26(59-2)21-45(25)32(50)15-4-3-8-17-43-39(57)27(44-31(49)14-7-11-19-61-41-38(56)36(54)34(52)29(23-47)63-41)12-5-9-16-42-30(48)13-6-10-18-60-40-37(55)35(53)33(51)28(22-46)62-40;/h25-29,33-38,40-41,46-47,51-56H,3-24H2,1-2H3,(H,42,48)(H,43,57)(H,44,49);/t25-,26+,27-,28?,29?,33?,34?,35?,36?,37?,38?,40?,41?;/m0./s1. The van der Waals surface area contributed by atoms with E-state index in [4.69, 9.17) is 28.4 Å². The van der Waals surface area contributed by atoms with Crippen molar-refractivity contribution in [3.8, 4) is 0 Å². The summed E-state index contributed by atoms with van der Waals surface area (Å²) in [6.45, 7) is 0.663. The van der Waals surface area contributed by atoms with Gasteiger partial charge in [-0.3, -0.25) is 19.2 Å². The smallest absolute Gasteiger partial charge is 0.242 e. The van der Waals surface area contributed by atoms with Gasteiger partial charge >= 0.3 is 0 Å². The minimum Gasteiger partial charge on any atom is -0.394 e. The van der Waals surface area contributed by atoms with E-state index >= 15 is 0 Å². The van der Waals surface area contributed by atoms with Crippen molar-refractivity contribution in [3.05, 3.63) is 0 Å². The van der Waals surface area contributed by atoms with Crippen LogP contribution in [0.15, 0.2) is 0 Å². The van der Waals surface area contributed by atoms with Crippen molar-refractivity contribution >= 4 is 23.6 Å². The van der Waals surface area contributed by atoms with E-state index in [9.17, 15) is 60.0 Å². The van der Waals surface area contributed by atoms with E-state index in [1.807, 2.05) is 4.90 Å². The summed E-state index contributed by atoms with van der Waals surface area (Å²) in [6.07, 6.45) is -7.55. The summed E-state index contributed by atoms with van der Waals surface area (Å²) in [5.41, 5.74) is 0. The van der Waals surface area contributed by atoms with E-state index in [0.29, 0.717) is 96.9 Å². The molecule has 3 rings (SSSR count). The van der Waals surface area contributed by atoms with Gasteiger partial charge < -0.3 is 90.1 Å². The van der Waals surface area contributed by atoms with E-state index in [0.717, 1.165) is 6.42 Å². The van der Waals surface area contributed by atoms with Crippen LogP contribution >= 0.6 is 0 Å². The van der Waals surface area contributed by atoms with E-state index in [-0.39, 0.29) is 94.5 Å². The first-order chi connectivity index (χ1) is 30.3. The number of nitrogens with one attached hydrogen (secondary N) is 3. The molecule has 0 bridgehead atoms. The first-order valence-corrected chi connectivity index (χ1v) is 22.2. The van der Waals surface area contributed by atoms with Crippen LogP contribution in [0, 0.1) is 0 Å². The topological polar surface area (TPSA) is 325 Å². The zero-order chi connectivity index (χ0) is 46.3. The maximum Gasteiger partial charge on any atom is 0.242 e. The number of hydrogen-bond acceptors (Lipinski definition) is 18. The van der Waals surface area contributed by atoms with E-state index in [1.54, 1.807) is 14.2 Å². The van der Waals surface area contributed by atoms with Crippen LogP contribution in [0.3, 0.4) is 0 Å². The van der Waals surface area contributed by atoms with Crippen molar-refractivity contribution < 1.29 is 121 Å². The molecule has 0 aromatic carbocycles. The minimum absolute atomic E-state index is 0. The minimum atomic E-state index is -1.57. The molecule has 0 spiro atoms. The van der Waals surface area contributed by atoms with Gasteiger partial charge in [-0.25, -0.2) is 0 Å². The van der Waals surface area contributed by atoms with Gasteiger partial charge in [0.05, 0.1) is 32.0 Å². The van der Waals surface area contributed by atoms with Crippen LogP contribution < -0.4 is 16.0 Å². The molecule has 369 valence electrons. The maximum absolute atomic E-state index is 13.3. The number of hydrogen-bond donors (Lipinski definition) is 11. The van der Waals surface area contributed by atoms with E-state index in [2.05, 4.69) is 16.0 Å². The summed E-state index contributed by atoms with van der Waals surface area (Å²) >= 11 is 0. The number of aliphatic hydroxyl groups is 8. The Morgan fingerprint density at radius 3 is 1.73 bits per heavy atom. The molecule has 0 aromatic rings. The van der Waals surface area contributed by atoms with Crippen LogP contribution in [-0.4, -0.2) is 216 Å². The number of likely N-dealkylation sites (tertiary alicyclic amines) is 1. The number of methoxy groups -OCH3 is 2. The fraction of sp³-hybridized carbons (Fsp3) is 0.902. The molecule has 3 saturated heterocycles. The van der Waals surface area contributed by atoms with Crippen molar-refractivity contribution in [2.75, 3.05) is 66.9 Å². The van der Waals surface area contributed by atoms with Gasteiger partial charge in [-0.1, -0.05) is 6.42 Å². The molecule has 4 amide bonds. The number of rotatable bonds is 30. The van der Waals surface area contributed by atoms with Crippen LogP contribution in [-0.2, 0) is 80.3 Å². The van der Waals surface area contributed by atoms with E-state index in [1.165, 1.54) is 0 Å². The fourth-order valence-corrected chi connectivity index (χ4v) is 7.67. The third kappa shape index (κ3) is 19.6. The number of nitrogens with zero attached hydrogens (tertiary/aromatic N) is 1. The van der Waals surface area contributed by atoms with Gasteiger partial charge in [-0.05, 0) is 64.2 Å². The van der Waals surface area contributed by atoms with Crippen molar-refractivity contribution in [1.29, 1.82) is 0 Å². The molecule has 10 unspecified atom stereocenters. The Hall–Kier alpha value is -1.58. The maximum atomic E-state index is 13.3. The summed E-state index contributed by atoms with van der Waals surface area (Å²) in [5, 5.41) is 87.1. The van der Waals surface area contributed by atoms with Gasteiger partial charge in [0.1, 0.15) is 54.9 Å². The van der Waals surface area contributed by atoms with Gasteiger partial charge in [0.2, 0.25) is 23.6 Å². The van der Waals surface area contributed by atoms with Crippen molar-refractivity contribution in [1.82, 2.24) is 20.9 Å². The normalized spacial score (nSPS) is 29.8. The Bertz CT molecular complexity index is 1340. The number of carbonyl (C=O) groups excluding carboxylic acids is 4. The Balaban J connectivity index is 0.0000141. The Labute approximate surface area is 400 Å². The molecule has 23 heteroatoms. The molecular formula is C41H74N4O18Y. The molecule has 0 aromatic heterocycles. The van der Waals surface area contributed by atoms with Gasteiger partial charge in [0.15, 0.2) is 12.6 Å². The summed E-state index contributed by atoms with van der Waals surface area (Å²) < 4.78 is 32.3. The molecule has 0 aliphatic carbocycles. The van der Waals surface area contributed by atoms with Gasteiger partial charge in [0, 0.05) is 99.0 Å². The third-order valence-corrected chi connectivity index (χ3v) is 11.5. The Morgan fingerprint density at radius 2 is 1.19 bits per heavy atom. The zero-order valence-electron chi connectivity index (χ0n) is 37.2. The van der Waals surface area contributed by atoms with Crippen LogP contribution in [0.4, 0.5) is 0 Å². The SMILES string of the molecule is COC[C@@H]1C[C@@H](OC)CN1C(=O)CCCCCNC(=O)[C@H](CCCCNC(=O)CCCCOC1OC(CO)C(O)C(O)C1O)NC(=O)CCCCOC1OC(CO)C(O)C(O)C1O.[Y]. The molecule has 11 N–H and O–H groups in total. The van der Waals surface area contributed by atoms with Crippen LogP contribution in [0.1, 0.15) is 89.9 Å². The van der Waals surface area contributed by atoms with E-state index < -0.39 is 80.7 Å². The second kappa shape index (κ2) is 32.2. The first kappa shape index (κ1) is 58.5. The molecule has 3 heterocycles. The summed E-state index contributed by atoms with van der Waals surface area (Å²) in [4.78, 5) is 53.4. The summed E-state index contributed by atoms with van der Waals surface area (Å²) in [6, 6.07) is -0.862. The quantitative estimate of drug-likeness (QED) is 0.0314. The molecule has 3 aliphatic heterocycles. The van der Waals surface area contributed by atoms with Crippen molar-refractivity contribution in [2.45, 2.75) is 169 Å². The largest absolute Gasteiger partial charge is 0.394 e. The first-order valence-electron chi connectivity index (χ1n) is 22.2. The van der Waals surface area contributed by atoms with Gasteiger partial charge in [-0.15, -0.1) is 0 Å². The van der Waals surface area contributed by atoms with Crippen LogP contribution in [0.25, 0.3) is 0 Å². The third-order valence-electron chi connectivity index (χ3n) is 11.5. The molecule has 13 atom stereocenters. The summed E-state index contributed by atoms with van der Waals surface area (Å²) in [5.74, 6) is -0.878. The Kier molecular flexibility index (Phi) is 29.5. The number of ether oxygens (including phenoxy) is 6. The molecule has 22 nitrogen and oxygen atoms in total. The second-order valence-corrected chi connectivity index (χ2v) is 16.4. The van der Waals surface area contributed by atoms with Gasteiger partial charge in [0.25, 0.3) is 0 Å². The molecular weight excluding hydrogens is 925 g/mol. The number of aliphatic hydroxyl groups excluding tert-OH is 8. The molecule has 3 aliphatic rings. The fourth-order valence-electron chi connectivity index (χ4n) is 7.67.